The first-order valence-corrected chi connectivity index (χ1v) is 42.6. The van der Waals surface area contributed by atoms with Gasteiger partial charge in [0.15, 0.2) is 0 Å². The Kier molecular flexibility index (Phi) is 24.3. The SMILES string of the molecule is C=C(Cn1c2c(c3cc(Cl)ccc31)CN(C)CC2)c1ccncc1.C=C(n1ccnc1)n1c2c(c3cc(C)ccc31)CN(C)CC2.CCC(O)(Cn1c2c(c3cc(C)ccc31)CN(C)CC2)c1cccnc1.Cc1ccc2c(c1)c1c(n2CNc2ccccn2)CCN(C)C1.Cc1ccc2c3c(n(CCc4ccc(C)nc4)c2c1)CCN(C)C3. The second kappa shape index (κ2) is 35.5. The number of rotatable bonds is 15. The maximum absolute atomic E-state index is 11.5. The van der Waals surface area contributed by atoms with Crippen LogP contribution >= 0.6 is 11.6 Å². The Morgan fingerprint density at radius 3 is 1.57 bits per heavy atom. The van der Waals surface area contributed by atoms with E-state index in [4.69, 9.17) is 11.6 Å². The minimum atomic E-state index is -0.914. The molecule has 20 rings (SSSR count). The number of benzene rings is 5. The van der Waals surface area contributed by atoms with Crippen molar-refractivity contribution >= 4 is 77.5 Å². The average molecular weight is 1610 g/mol. The van der Waals surface area contributed by atoms with E-state index in [0.717, 1.165) is 163 Å². The van der Waals surface area contributed by atoms with Gasteiger partial charge in [-0.25, -0.2) is 9.97 Å². The Bertz CT molecular complexity index is 6150. The van der Waals surface area contributed by atoms with Crippen molar-refractivity contribution in [1.29, 1.82) is 0 Å². The van der Waals surface area contributed by atoms with Crippen LogP contribution in [0.2, 0.25) is 5.02 Å². The van der Waals surface area contributed by atoms with E-state index in [1.807, 2.05) is 104 Å². The van der Waals surface area contributed by atoms with Gasteiger partial charge < -0.3 is 53.2 Å². The lowest BCUT2D eigenvalue weighted by atomic mass is 9.92. The van der Waals surface area contributed by atoms with Gasteiger partial charge in [0, 0.05) is 248 Å². The Labute approximate surface area is 706 Å². The minimum absolute atomic E-state index is 0.563. The van der Waals surface area contributed by atoms with Crippen LogP contribution in [0.3, 0.4) is 0 Å². The van der Waals surface area contributed by atoms with Crippen LogP contribution in [0.1, 0.15) is 114 Å². The molecule has 0 fully saturated rings. The van der Waals surface area contributed by atoms with Crippen LogP contribution in [0.15, 0.2) is 215 Å². The third-order valence-electron chi connectivity index (χ3n) is 25.1. The van der Waals surface area contributed by atoms with E-state index in [1.54, 1.807) is 18.6 Å². The van der Waals surface area contributed by atoms with Gasteiger partial charge in [0.25, 0.3) is 0 Å². The van der Waals surface area contributed by atoms with E-state index in [1.165, 1.54) is 139 Å². The maximum Gasteiger partial charge on any atom is 0.127 e. The van der Waals surface area contributed by atoms with Crippen molar-refractivity contribution in [2.24, 2.45) is 0 Å². The molecule has 0 saturated heterocycles. The molecule has 1 unspecified atom stereocenters. The Balaban J connectivity index is 0.000000111. The van der Waals surface area contributed by atoms with Gasteiger partial charge in [-0.05, 0) is 230 Å². The number of fused-ring (bicyclic) bond motifs is 15. The van der Waals surface area contributed by atoms with Gasteiger partial charge in [0.1, 0.15) is 23.6 Å². The fraction of sp³-hybridized carbons (Fsp3) is 0.330. The quantitative estimate of drug-likeness (QED) is 0.101. The van der Waals surface area contributed by atoms with Crippen molar-refractivity contribution in [2.75, 3.05) is 73.3 Å². The van der Waals surface area contributed by atoms with Crippen LogP contribution in [0.4, 0.5) is 5.82 Å². The zero-order valence-electron chi connectivity index (χ0n) is 71.3. The predicted molar refractivity (Wildman–Crippen MR) is 488 cm³/mol. The summed E-state index contributed by atoms with van der Waals surface area (Å²) in [6.07, 6.45) is 23.6. The van der Waals surface area contributed by atoms with Gasteiger partial charge in [-0.2, -0.15) is 0 Å². The van der Waals surface area contributed by atoms with Gasteiger partial charge in [-0.15, -0.1) is 0 Å². The van der Waals surface area contributed by atoms with Crippen molar-refractivity contribution in [3.63, 3.8) is 0 Å². The number of aryl methyl sites for hydroxylation is 7. The van der Waals surface area contributed by atoms with Gasteiger partial charge >= 0.3 is 0 Å². The summed E-state index contributed by atoms with van der Waals surface area (Å²) in [7, 11) is 11.0. The van der Waals surface area contributed by atoms with Crippen molar-refractivity contribution in [1.82, 2.24) is 76.8 Å². The van der Waals surface area contributed by atoms with Gasteiger partial charge in [-0.3, -0.25) is 24.1 Å². The van der Waals surface area contributed by atoms with Crippen LogP contribution in [0.25, 0.3) is 60.1 Å². The number of hydrogen-bond donors (Lipinski definition) is 2. The molecule has 0 radical (unpaired) electrons. The zero-order chi connectivity index (χ0) is 82.8. The highest BCUT2D eigenvalue weighted by Crippen LogP contribution is 2.40. The molecule has 119 heavy (non-hydrogen) atoms. The van der Waals surface area contributed by atoms with Gasteiger partial charge in [0.05, 0.1) is 24.2 Å². The molecule has 0 bridgehead atoms. The molecule has 5 aliphatic rings. The second-order valence-corrected chi connectivity index (χ2v) is 34.3. The number of nitrogens with zero attached hydrogens (tertiary/aromatic N) is 16. The topological polar surface area (TPSA) is 142 Å². The molecule has 0 saturated carbocycles. The molecule has 2 N–H and O–H groups in total. The zero-order valence-corrected chi connectivity index (χ0v) is 72.1. The fourth-order valence-electron chi connectivity index (χ4n) is 18.6. The molecular weight excluding hydrogens is 1490 g/mol. The van der Waals surface area contributed by atoms with Crippen LogP contribution in [-0.2, 0) is 103 Å². The summed E-state index contributed by atoms with van der Waals surface area (Å²) in [5, 5.41) is 22.5. The molecule has 18 nitrogen and oxygen atoms in total. The number of anilines is 1. The molecule has 5 aliphatic heterocycles. The third kappa shape index (κ3) is 17.4. The van der Waals surface area contributed by atoms with Crippen LogP contribution in [-0.4, -0.2) is 150 Å². The van der Waals surface area contributed by atoms with Crippen LogP contribution in [0, 0.1) is 40.4 Å². The molecule has 0 aliphatic carbocycles. The molecule has 612 valence electrons. The fourth-order valence-corrected chi connectivity index (χ4v) is 18.7. The van der Waals surface area contributed by atoms with E-state index >= 15 is 0 Å². The molecule has 15 heterocycles. The van der Waals surface area contributed by atoms with Crippen LogP contribution < -0.4 is 5.32 Å². The molecular formula is C100H114ClN17O. The van der Waals surface area contributed by atoms with Crippen molar-refractivity contribution < 1.29 is 5.11 Å². The number of halogens is 1. The van der Waals surface area contributed by atoms with Crippen molar-refractivity contribution in [3.8, 4) is 0 Å². The van der Waals surface area contributed by atoms with Gasteiger partial charge in [-0.1, -0.05) is 96.9 Å². The molecule has 5 aromatic carbocycles. The first-order valence-electron chi connectivity index (χ1n) is 42.3. The molecule has 19 heteroatoms. The number of likely N-dealkylation sites (N-methyl/N-ethyl adjacent to an activating group) is 5. The first-order chi connectivity index (χ1) is 57.6. The summed E-state index contributed by atoms with van der Waals surface area (Å²) in [5.74, 6) is 1.86. The van der Waals surface area contributed by atoms with E-state index in [0.29, 0.717) is 13.0 Å². The molecule has 1 atom stereocenters. The molecule has 0 amide bonds. The van der Waals surface area contributed by atoms with E-state index in [2.05, 4.69) is 251 Å². The Morgan fingerprint density at radius 1 is 0.471 bits per heavy atom. The average Bonchev–Trinajstić information content (AvgIpc) is 1.62. The lowest BCUT2D eigenvalue weighted by Crippen LogP contribution is -2.33. The summed E-state index contributed by atoms with van der Waals surface area (Å²) >= 11 is 6.26. The highest BCUT2D eigenvalue weighted by atomic mass is 35.5. The lowest BCUT2D eigenvalue weighted by molar-refractivity contribution is 0.0143. The van der Waals surface area contributed by atoms with E-state index < -0.39 is 5.60 Å². The summed E-state index contributed by atoms with van der Waals surface area (Å²) in [6, 6.07) is 51.4. The van der Waals surface area contributed by atoms with Crippen LogP contribution in [0.5, 0.6) is 0 Å². The lowest BCUT2D eigenvalue weighted by Gasteiger charge is -2.30. The number of allylic oxidation sites excluding steroid dienone is 1. The summed E-state index contributed by atoms with van der Waals surface area (Å²) in [5.41, 5.74) is 30.7. The first kappa shape index (κ1) is 81.7. The highest BCUT2D eigenvalue weighted by Gasteiger charge is 2.33. The number of aliphatic hydroxyl groups is 1. The smallest absolute Gasteiger partial charge is 0.127 e. The van der Waals surface area contributed by atoms with E-state index in [9.17, 15) is 5.11 Å². The monoisotopic (exact) mass is 1600 g/mol. The summed E-state index contributed by atoms with van der Waals surface area (Å²) in [4.78, 5) is 33.2. The van der Waals surface area contributed by atoms with Crippen molar-refractivity contribution in [2.45, 2.75) is 151 Å². The number of hydrogen-bond acceptors (Lipinski definition) is 12. The standard InChI is InChI=1S/C22H27N3O.C21H25N3.C20H20ClN3.C19H22N4.C18H20N4/c1-4-22(26,17-6-5-10-23-13-17)15-25-20-8-7-16(2)12-18(20)19-14-24(3)11-9-21(19)25;1-15-4-7-18-19-14-23(3)10-9-20(19)24(21(18)12-15)11-8-17-6-5-16(2)22-13-17;1-14(15-5-8-22-9-6-15)12-24-19-4-3-16(21)11-17(19)18-13-23(2)10-7-20(18)24;1-14-6-7-17-15(11-14)16-12-22(2)10-8-18(16)23(17)13-21-19-5-3-4-9-20-19;1-13-4-5-17-15(10-13)16-11-20(3)8-6-18(16)22(17)14(2)21-9-7-19-12-21/h5-8,10,12-13,26H,4,9,11,14-15H2,1-3H3;4-7,12-13H,8-11,14H2,1-3H3;3-6,8-9,11H,1,7,10,12-13H2,2H3;3-7,9,11H,8,10,12-13H2,1-2H3,(H,20,21);4-5,7,9-10,12H,2,6,8,11H2,1,3H3. The van der Waals surface area contributed by atoms with Gasteiger partial charge in [0.2, 0.25) is 0 Å². The third-order valence-corrected chi connectivity index (χ3v) is 25.3. The molecule has 0 spiro atoms. The number of aromatic nitrogens is 11. The van der Waals surface area contributed by atoms with Crippen molar-refractivity contribution in [3.05, 3.63) is 326 Å². The number of pyridine rings is 4. The number of nitrogens with one attached hydrogen (secondary N) is 1. The summed E-state index contributed by atoms with van der Waals surface area (Å²) in [6.45, 7) is 35.0. The molecule has 10 aromatic heterocycles. The molecule has 15 aromatic rings. The summed E-state index contributed by atoms with van der Waals surface area (Å²) < 4.78 is 14.0. The second-order valence-electron chi connectivity index (χ2n) is 33.9. The number of imidazole rings is 1. The predicted octanol–water partition coefficient (Wildman–Crippen LogP) is 18.2. The normalized spacial score (nSPS) is 15.4. The maximum atomic E-state index is 11.5. The highest BCUT2D eigenvalue weighted by molar-refractivity contribution is 6.31. The minimum Gasteiger partial charge on any atom is -0.383 e. The largest absolute Gasteiger partial charge is 0.383 e. The Morgan fingerprint density at radius 2 is 1.00 bits per heavy atom. The Hall–Kier alpha value is -11.1. The van der Waals surface area contributed by atoms with E-state index in [-0.39, 0.29) is 0 Å².